The maximum Gasteiger partial charge on any atom is 0.131 e. The molecule has 0 saturated carbocycles. The van der Waals surface area contributed by atoms with E-state index in [0.717, 1.165) is 25.1 Å². The number of hydrogen-bond donors (Lipinski definition) is 2. The van der Waals surface area contributed by atoms with Crippen molar-refractivity contribution in [1.82, 2.24) is 4.98 Å². The molecule has 0 atom stereocenters. The molecule has 0 aliphatic rings. The molecule has 0 spiro atoms. The number of nitrogens with one attached hydrogen (secondary N) is 1. The first-order valence-electron chi connectivity index (χ1n) is 5.50. The van der Waals surface area contributed by atoms with Gasteiger partial charge >= 0.3 is 0 Å². The smallest absolute Gasteiger partial charge is 0.131 e. The lowest BCUT2D eigenvalue weighted by molar-refractivity contribution is 0.248. The Balaban J connectivity index is 2.44. The van der Waals surface area contributed by atoms with Crippen molar-refractivity contribution in [3.8, 4) is 0 Å². The van der Waals surface area contributed by atoms with Gasteiger partial charge in [-0.2, -0.15) is 0 Å². The Morgan fingerprint density at radius 2 is 2.25 bits per heavy atom. The van der Waals surface area contributed by atoms with Gasteiger partial charge in [-0.3, -0.25) is 0 Å². The van der Waals surface area contributed by atoms with Gasteiger partial charge in [0.15, 0.2) is 0 Å². The highest BCUT2D eigenvalue weighted by Crippen LogP contribution is 2.23. The molecule has 0 aliphatic heterocycles. The topological polar surface area (TPSA) is 45.1 Å². The summed E-state index contributed by atoms with van der Waals surface area (Å²) in [6, 6.07) is 3.71. The van der Waals surface area contributed by atoms with Crippen LogP contribution in [0, 0.1) is 5.41 Å². The van der Waals surface area contributed by atoms with Crippen molar-refractivity contribution in [3.05, 3.63) is 23.5 Å². The Kier molecular flexibility index (Phi) is 5.03. The van der Waals surface area contributed by atoms with Crippen molar-refractivity contribution in [1.29, 1.82) is 0 Å². The third-order valence-electron chi connectivity index (χ3n) is 2.51. The van der Waals surface area contributed by atoms with E-state index in [4.69, 9.17) is 16.7 Å². The zero-order chi connectivity index (χ0) is 12.0. The molecule has 0 bridgehead atoms. The normalized spacial score (nSPS) is 11.5. The van der Waals surface area contributed by atoms with Crippen LogP contribution in [0.3, 0.4) is 0 Å². The molecule has 0 saturated heterocycles. The van der Waals surface area contributed by atoms with Gasteiger partial charge in [0.25, 0.3) is 0 Å². The first kappa shape index (κ1) is 13.3. The van der Waals surface area contributed by atoms with Crippen LogP contribution in [0.1, 0.15) is 26.7 Å². The van der Waals surface area contributed by atoms with Gasteiger partial charge in [-0.05, 0) is 30.4 Å². The van der Waals surface area contributed by atoms with E-state index in [1.807, 2.05) is 12.1 Å². The minimum atomic E-state index is 0.165. The van der Waals surface area contributed by atoms with E-state index in [9.17, 15) is 0 Å². The van der Waals surface area contributed by atoms with Gasteiger partial charge in [-0.1, -0.05) is 25.4 Å². The number of aliphatic hydroxyl groups is 1. The molecule has 0 aromatic carbocycles. The lowest BCUT2D eigenvalue weighted by atomic mass is 9.88. The average Bonchev–Trinajstić information content (AvgIpc) is 2.24. The molecule has 0 amide bonds. The van der Waals surface area contributed by atoms with E-state index >= 15 is 0 Å². The Morgan fingerprint density at radius 3 is 2.88 bits per heavy atom. The Morgan fingerprint density at radius 1 is 1.50 bits per heavy atom. The SMILES string of the molecule is CC(C)(CCCO)CNc1ccnc(Cl)c1. The summed E-state index contributed by atoms with van der Waals surface area (Å²) >= 11 is 5.79. The van der Waals surface area contributed by atoms with Crippen LogP contribution < -0.4 is 5.32 Å². The van der Waals surface area contributed by atoms with Crippen LogP contribution in [-0.4, -0.2) is 23.2 Å². The average molecular weight is 243 g/mol. The molecule has 2 N–H and O–H groups in total. The lowest BCUT2D eigenvalue weighted by Gasteiger charge is -2.25. The van der Waals surface area contributed by atoms with Crippen LogP contribution in [0.4, 0.5) is 5.69 Å². The number of aliphatic hydroxyl groups excluding tert-OH is 1. The number of nitrogens with zero attached hydrogens (tertiary/aromatic N) is 1. The van der Waals surface area contributed by atoms with Gasteiger partial charge in [0, 0.05) is 25.0 Å². The van der Waals surface area contributed by atoms with Crippen molar-refractivity contribution in [2.75, 3.05) is 18.5 Å². The molecular formula is C12H19ClN2O. The molecule has 1 aromatic rings. The third kappa shape index (κ3) is 4.81. The summed E-state index contributed by atoms with van der Waals surface area (Å²) in [7, 11) is 0. The third-order valence-corrected chi connectivity index (χ3v) is 2.72. The van der Waals surface area contributed by atoms with E-state index in [2.05, 4.69) is 24.1 Å². The molecule has 90 valence electrons. The van der Waals surface area contributed by atoms with Gasteiger partial charge in [0.1, 0.15) is 5.15 Å². The summed E-state index contributed by atoms with van der Waals surface area (Å²) in [5.41, 5.74) is 1.15. The number of halogens is 1. The number of rotatable bonds is 6. The fraction of sp³-hybridized carbons (Fsp3) is 0.583. The number of pyridine rings is 1. The zero-order valence-corrected chi connectivity index (χ0v) is 10.6. The summed E-state index contributed by atoms with van der Waals surface area (Å²) in [6.07, 6.45) is 3.52. The van der Waals surface area contributed by atoms with Gasteiger partial charge in [-0.25, -0.2) is 4.98 Å². The Hall–Kier alpha value is -0.800. The standard InChI is InChI=1S/C12H19ClN2O/c1-12(2,5-3-7-16)9-15-10-4-6-14-11(13)8-10/h4,6,8,16H,3,5,7,9H2,1-2H3,(H,14,15). The van der Waals surface area contributed by atoms with Crippen LogP contribution in [-0.2, 0) is 0 Å². The van der Waals surface area contributed by atoms with Gasteiger partial charge in [-0.15, -0.1) is 0 Å². The van der Waals surface area contributed by atoms with Crippen LogP contribution in [0.5, 0.6) is 0 Å². The highest BCUT2D eigenvalue weighted by Gasteiger charge is 2.16. The summed E-state index contributed by atoms with van der Waals surface area (Å²) < 4.78 is 0. The largest absolute Gasteiger partial charge is 0.396 e. The predicted molar refractivity (Wildman–Crippen MR) is 67.8 cm³/mol. The van der Waals surface area contributed by atoms with E-state index in [1.54, 1.807) is 6.20 Å². The summed E-state index contributed by atoms with van der Waals surface area (Å²) in [4.78, 5) is 3.93. The second-order valence-corrected chi connectivity index (χ2v) is 5.10. The maximum atomic E-state index is 8.81. The highest BCUT2D eigenvalue weighted by molar-refractivity contribution is 6.29. The zero-order valence-electron chi connectivity index (χ0n) is 9.83. The molecule has 0 unspecified atom stereocenters. The lowest BCUT2D eigenvalue weighted by Crippen LogP contribution is -2.23. The van der Waals surface area contributed by atoms with Crippen LogP contribution >= 0.6 is 11.6 Å². The first-order valence-corrected chi connectivity index (χ1v) is 5.87. The van der Waals surface area contributed by atoms with Crippen molar-refractivity contribution < 1.29 is 5.11 Å². The van der Waals surface area contributed by atoms with Crippen LogP contribution in [0.25, 0.3) is 0 Å². The summed E-state index contributed by atoms with van der Waals surface area (Å²) in [5, 5.41) is 12.6. The molecule has 0 fully saturated rings. The fourth-order valence-electron chi connectivity index (χ4n) is 1.50. The predicted octanol–water partition coefficient (Wildman–Crippen LogP) is 2.95. The van der Waals surface area contributed by atoms with E-state index in [0.29, 0.717) is 5.15 Å². The van der Waals surface area contributed by atoms with Gasteiger partial charge in [0.05, 0.1) is 0 Å². The van der Waals surface area contributed by atoms with Gasteiger partial charge in [0.2, 0.25) is 0 Å². The second kappa shape index (κ2) is 6.06. The molecule has 1 heterocycles. The number of anilines is 1. The molecule has 0 aliphatic carbocycles. The van der Waals surface area contributed by atoms with Crippen molar-refractivity contribution in [2.24, 2.45) is 5.41 Å². The quantitative estimate of drug-likeness (QED) is 0.754. The molecule has 4 heteroatoms. The molecule has 1 rings (SSSR count). The Bertz CT molecular complexity index is 329. The van der Waals surface area contributed by atoms with E-state index in [-0.39, 0.29) is 12.0 Å². The van der Waals surface area contributed by atoms with Crippen molar-refractivity contribution in [2.45, 2.75) is 26.7 Å². The molecular weight excluding hydrogens is 224 g/mol. The van der Waals surface area contributed by atoms with Crippen molar-refractivity contribution >= 4 is 17.3 Å². The van der Waals surface area contributed by atoms with Crippen LogP contribution in [0.15, 0.2) is 18.3 Å². The highest BCUT2D eigenvalue weighted by atomic mass is 35.5. The first-order chi connectivity index (χ1) is 7.53. The molecule has 16 heavy (non-hydrogen) atoms. The van der Waals surface area contributed by atoms with Gasteiger partial charge < -0.3 is 10.4 Å². The van der Waals surface area contributed by atoms with E-state index in [1.165, 1.54) is 0 Å². The Labute approximate surface area is 102 Å². The van der Waals surface area contributed by atoms with E-state index < -0.39 is 0 Å². The second-order valence-electron chi connectivity index (χ2n) is 4.71. The monoisotopic (exact) mass is 242 g/mol. The minimum Gasteiger partial charge on any atom is -0.396 e. The molecule has 1 aromatic heterocycles. The summed E-state index contributed by atoms with van der Waals surface area (Å²) in [6.45, 7) is 5.47. The summed E-state index contributed by atoms with van der Waals surface area (Å²) in [5.74, 6) is 0. The fourth-order valence-corrected chi connectivity index (χ4v) is 1.67. The van der Waals surface area contributed by atoms with Crippen LogP contribution in [0.2, 0.25) is 5.15 Å². The molecule has 0 radical (unpaired) electrons. The number of aromatic nitrogens is 1. The molecule has 3 nitrogen and oxygen atoms in total. The maximum absolute atomic E-state index is 8.81. The number of hydrogen-bond acceptors (Lipinski definition) is 3. The van der Waals surface area contributed by atoms with Crippen molar-refractivity contribution in [3.63, 3.8) is 0 Å². The minimum absolute atomic E-state index is 0.165.